The van der Waals surface area contributed by atoms with Gasteiger partial charge in [0.15, 0.2) is 0 Å². The maximum absolute atomic E-state index is 8.48. The summed E-state index contributed by atoms with van der Waals surface area (Å²) in [7, 11) is 0. The van der Waals surface area contributed by atoms with Crippen LogP contribution < -0.4 is 0 Å². The molecule has 0 rings (SSSR count). The van der Waals surface area contributed by atoms with Crippen LogP contribution in [-0.4, -0.2) is 24.5 Å². The summed E-state index contributed by atoms with van der Waals surface area (Å²) in [6, 6.07) is 4.14. The van der Waals surface area contributed by atoms with Crippen molar-refractivity contribution in [2.45, 2.75) is 26.7 Å². The number of nitriles is 2. The van der Waals surface area contributed by atoms with Crippen molar-refractivity contribution in [2.24, 2.45) is 5.92 Å². The highest BCUT2D eigenvalue weighted by Gasteiger charge is 2.05. The fourth-order valence-electron chi connectivity index (χ4n) is 1.02. The Bertz CT molecular complexity index is 183. The first-order valence-corrected chi connectivity index (χ1v) is 4.70. The van der Waals surface area contributed by atoms with E-state index in [0.717, 1.165) is 19.4 Å². The van der Waals surface area contributed by atoms with Crippen molar-refractivity contribution in [3.05, 3.63) is 0 Å². The smallest absolute Gasteiger partial charge is 0.0874 e. The first-order chi connectivity index (χ1) is 6.24. The SMILES string of the molecule is CCC(C)CCN(CC#N)CC#N. The Morgan fingerprint density at radius 3 is 2.15 bits per heavy atom. The lowest BCUT2D eigenvalue weighted by molar-refractivity contribution is 0.308. The number of rotatable bonds is 6. The van der Waals surface area contributed by atoms with Crippen LogP contribution in [0.2, 0.25) is 0 Å². The molecule has 3 nitrogen and oxygen atoms in total. The number of hydrogen-bond acceptors (Lipinski definition) is 3. The molecule has 72 valence electrons. The van der Waals surface area contributed by atoms with Gasteiger partial charge in [-0.3, -0.25) is 4.90 Å². The Labute approximate surface area is 80.6 Å². The molecule has 0 bridgehead atoms. The monoisotopic (exact) mass is 179 g/mol. The van der Waals surface area contributed by atoms with Crippen LogP contribution in [0.1, 0.15) is 26.7 Å². The summed E-state index contributed by atoms with van der Waals surface area (Å²) in [6.45, 7) is 5.94. The summed E-state index contributed by atoms with van der Waals surface area (Å²) in [6.07, 6.45) is 2.23. The van der Waals surface area contributed by atoms with Crippen molar-refractivity contribution in [1.82, 2.24) is 4.90 Å². The molecule has 0 radical (unpaired) electrons. The van der Waals surface area contributed by atoms with E-state index < -0.39 is 0 Å². The van der Waals surface area contributed by atoms with Gasteiger partial charge in [0.05, 0.1) is 25.2 Å². The lowest BCUT2D eigenvalue weighted by Crippen LogP contribution is -2.26. The molecule has 0 aliphatic heterocycles. The Balaban J connectivity index is 3.70. The lowest BCUT2D eigenvalue weighted by Gasteiger charge is -2.17. The van der Waals surface area contributed by atoms with Gasteiger partial charge >= 0.3 is 0 Å². The van der Waals surface area contributed by atoms with Crippen LogP contribution in [0.15, 0.2) is 0 Å². The number of hydrogen-bond donors (Lipinski definition) is 0. The highest BCUT2D eigenvalue weighted by atomic mass is 15.1. The predicted octanol–water partition coefficient (Wildman–Crippen LogP) is 1.77. The summed E-state index contributed by atoms with van der Waals surface area (Å²) in [5, 5.41) is 17.0. The fraction of sp³-hybridized carbons (Fsp3) is 0.800. The second kappa shape index (κ2) is 7.58. The minimum absolute atomic E-state index is 0.365. The van der Waals surface area contributed by atoms with E-state index in [1.54, 1.807) is 0 Å². The third-order valence-corrected chi connectivity index (χ3v) is 2.22. The fourth-order valence-corrected chi connectivity index (χ4v) is 1.02. The summed E-state index contributed by atoms with van der Waals surface area (Å²) >= 11 is 0. The van der Waals surface area contributed by atoms with Gasteiger partial charge in [0.25, 0.3) is 0 Å². The molecule has 0 amide bonds. The molecule has 1 atom stereocenters. The molecular weight excluding hydrogens is 162 g/mol. The van der Waals surface area contributed by atoms with Gasteiger partial charge in [-0.25, -0.2) is 0 Å². The van der Waals surface area contributed by atoms with Crippen LogP contribution in [0.4, 0.5) is 0 Å². The Hall–Kier alpha value is -1.06. The quantitative estimate of drug-likeness (QED) is 0.584. The molecule has 3 heteroatoms. The van der Waals surface area contributed by atoms with E-state index in [-0.39, 0.29) is 0 Å². The van der Waals surface area contributed by atoms with E-state index in [9.17, 15) is 0 Å². The Kier molecular flexibility index (Phi) is 6.96. The molecule has 13 heavy (non-hydrogen) atoms. The number of nitrogens with zero attached hydrogens (tertiary/aromatic N) is 3. The molecule has 0 aliphatic rings. The highest BCUT2D eigenvalue weighted by Crippen LogP contribution is 2.06. The van der Waals surface area contributed by atoms with Crippen molar-refractivity contribution < 1.29 is 0 Å². The van der Waals surface area contributed by atoms with Gasteiger partial charge in [0.2, 0.25) is 0 Å². The van der Waals surface area contributed by atoms with Crippen molar-refractivity contribution in [2.75, 3.05) is 19.6 Å². The average Bonchev–Trinajstić information content (AvgIpc) is 2.14. The zero-order valence-electron chi connectivity index (χ0n) is 8.45. The first kappa shape index (κ1) is 11.9. The minimum Gasteiger partial charge on any atom is -0.277 e. The molecule has 1 unspecified atom stereocenters. The average molecular weight is 179 g/mol. The first-order valence-electron chi connectivity index (χ1n) is 4.70. The van der Waals surface area contributed by atoms with Gasteiger partial charge < -0.3 is 0 Å². The Morgan fingerprint density at radius 1 is 1.23 bits per heavy atom. The van der Waals surface area contributed by atoms with E-state index in [2.05, 4.69) is 26.0 Å². The molecule has 0 aromatic heterocycles. The van der Waals surface area contributed by atoms with Crippen molar-refractivity contribution in [1.29, 1.82) is 10.5 Å². The van der Waals surface area contributed by atoms with E-state index in [1.807, 2.05) is 4.90 Å². The molecule has 0 saturated carbocycles. The van der Waals surface area contributed by atoms with Crippen LogP contribution in [0.3, 0.4) is 0 Å². The second-order valence-corrected chi connectivity index (χ2v) is 3.33. The summed E-state index contributed by atoms with van der Waals surface area (Å²) in [5.74, 6) is 0.680. The van der Waals surface area contributed by atoms with Crippen LogP contribution >= 0.6 is 0 Å². The molecule has 0 saturated heterocycles. The van der Waals surface area contributed by atoms with Crippen LogP contribution in [0, 0.1) is 28.6 Å². The molecule has 0 aromatic carbocycles. The summed E-state index contributed by atoms with van der Waals surface area (Å²) < 4.78 is 0. The van der Waals surface area contributed by atoms with Crippen molar-refractivity contribution >= 4 is 0 Å². The van der Waals surface area contributed by atoms with Crippen LogP contribution in [0.25, 0.3) is 0 Å². The summed E-state index contributed by atoms with van der Waals surface area (Å²) in [4.78, 5) is 1.88. The van der Waals surface area contributed by atoms with Crippen LogP contribution in [-0.2, 0) is 0 Å². The zero-order valence-corrected chi connectivity index (χ0v) is 8.45. The molecular formula is C10H17N3. The Morgan fingerprint density at radius 2 is 1.77 bits per heavy atom. The second-order valence-electron chi connectivity index (χ2n) is 3.33. The third kappa shape index (κ3) is 6.13. The maximum Gasteiger partial charge on any atom is 0.0874 e. The van der Waals surface area contributed by atoms with Gasteiger partial charge in [-0.2, -0.15) is 10.5 Å². The molecule has 0 aromatic rings. The standard InChI is InChI=1S/C10H17N3/c1-3-10(2)4-7-13(8-5-11)9-6-12/h10H,3-4,7-9H2,1-2H3. The van der Waals surface area contributed by atoms with Gasteiger partial charge in [-0.15, -0.1) is 0 Å². The minimum atomic E-state index is 0.365. The van der Waals surface area contributed by atoms with E-state index >= 15 is 0 Å². The van der Waals surface area contributed by atoms with Crippen molar-refractivity contribution in [3.63, 3.8) is 0 Å². The third-order valence-electron chi connectivity index (χ3n) is 2.22. The van der Waals surface area contributed by atoms with Gasteiger partial charge in [-0.1, -0.05) is 20.3 Å². The normalized spacial score (nSPS) is 12.1. The molecule has 0 aliphatic carbocycles. The van der Waals surface area contributed by atoms with Gasteiger partial charge in [-0.05, 0) is 12.3 Å². The van der Waals surface area contributed by atoms with Gasteiger partial charge in [0.1, 0.15) is 0 Å². The summed E-state index contributed by atoms with van der Waals surface area (Å²) in [5.41, 5.74) is 0. The van der Waals surface area contributed by atoms with Crippen LogP contribution in [0.5, 0.6) is 0 Å². The lowest BCUT2D eigenvalue weighted by atomic mass is 10.1. The molecule has 0 N–H and O–H groups in total. The zero-order chi connectivity index (χ0) is 10.1. The van der Waals surface area contributed by atoms with Crippen molar-refractivity contribution in [3.8, 4) is 12.1 Å². The molecule has 0 heterocycles. The predicted molar refractivity (Wildman–Crippen MR) is 51.7 cm³/mol. The molecule has 0 fully saturated rings. The maximum atomic E-state index is 8.48. The largest absolute Gasteiger partial charge is 0.277 e. The van der Waals surface area contributed by atoms with E-state index in [4.69, 9.17) is 10.5 Å². The highest BCUT2D eigenvalue weighted by molar-refractivity contribution is 4.83. The van der Waals surface area contributed by atoms with E-state index in [1.165, 1.54) is 0 Å². The topological polar surface area (TPSA) is 50.8 Å². The van der Waals surface area contributed by atoms with E-state index in [0.29, 0.717) is 19.0 Å². The molecule has 0 spiro atoms. The van der Waals surface area contributed by atoms with Gasteiger partial charge in [0, 0.05) is 6.54 Å².